The number of aryl methyl sites for hydroxylation is 1. The highest BCUT2D eigenvalue weighted by Crippen LogP contribution is 2.23. The van der Waals surface area contributed by atoms with Gasteiger partial charge < -0.3 is 14.6 Å². The number of hydrogen-bond acceptors (Lipinski definition) is 4. The van der Waals surface area contributed by atoms with Crippen LogP contribution in [0.1, 0.15) is 45.1 Å². The van der Waals surface area contributed by atoms with E-state index in [-0.39, 0.29) is 5.91 Å². The maximum absolute atomic E-state index is 13.3. The van der Waals surface area contributed by atoms with E-state index in [1.165, 1.54) is 17.7 Å². The van der Waals surface area contributed by atoms with E-state index < -0.39 is 0 Å². The second kappa shape index (κ2) is 8.35. The molecule has 3 heterocycles. The molecule has 0 saturated heterocycles. The molecule has 3 aromatic heterocycles. The highest BCUT2D eigenvalue weighted by Gasteiger charge is 2.23. The number of nitrogens with one attached hydrogen (secondary N) is 2. The Morgan fingerprint density at radius 3 is 2.84 bits per heavy atom. The number of amides is 1. The number of fused-ring (bicyclic) bond motifs is 2. The zero-order valence-electron chi connectivity index (χ0n) is 17.6. The van der Waals surface area contributed by atoms with Gasteiger partial charge in [-0.25, -0.2) is 4.98 Å². The first-order valence-electron chi connectivity index (χ1n) is 10.7. The highest BCUT2D eigenvalue weighted by atomic mass is 16.2. The summed E-state index contributed by atoms with van der Waals surface area (Å²) in [6.07, 6.45) is 5.32. The van der Waals surface area contributed by atoms with Gasteiger partial charge in [0.05, 0.1) is 11.4 Å². The van der Waals surface area contributed by atoms with Crippen LogP contribution in [-0.2, 0) is 32.5 Å². The van der Waals surface area contributed by atoms with Crippen molar-refractivity contribution in [3.8, 4) is 0 Å². The molecule has 158 valence electrons. The highest BCUT2D eigenvalue weighted by molar-refractivity contribution is 5.94. The Hall–Kier alpha value is -3.45. The van der Waals surface area contributed by atoms with Crippen molar-refractivity contribution < 1.29 is 4.79 Å². The third-order valence-corrected chi connectivity index (χ3v) is 5.92. The molecule has 7 nitrogen and oxygen atoms in total. The van der Waals surface area contributed by atoms with Crippen molar-refractivity contribution in [2.24, 2.45) is 0 Å². The Morgan fingerprint density at radius 2 is 1.97 bits per heavy atom. The fourth-order valence-corrected chi connectivity index (χ4v) is 4.33. The summed E-state index contributed by atoms with van der Waals surface area (Å²) in [6, 6.07) is 15.8. The van der Waals surface area contributed by atoms with Crippen molar-refractivity contribution in [2.75, 3.05) is 7.05 Å². The number of aromatic amines is 1. The minimum Gasteiger partial charge on any atom is -0.336 e. The minimum atomic E-state index is -0.0787. The fourth-order valence-electron chi connectivity index (χ4n) is 4.33. The van der Waals surface area contributed by atoms with Gasteiger partial charge in [0.15, 0.2) is 5.69 Å². The Morgan fingerprint density at radius 1 is 1.13 bits per heavy atom. The van der Waals surface area contributed by atoms with Crippen molar-refractivity contribution in [1.82, 2.24) is 29.8 Å². The third kappa shape index (κ3) is 3.84. The van der Waals surface area contributed by atoms with Gasteiger partial charge in [0.25, 0.3) is 5.91 Å². The van der Waals surface area contributed by atoms with Gasteiger partial charge >= 0.3 is 0 Å². The lowest BCUT2D eigenvalue weighted by Gasteiger charge is -2.17. The first-order valence-corrected chi connectivity index (χ1v) is 10.7. The normalized spacial score (nSPS) is 12.9. The molecule has 0 unspecified atom stereocenters. The van der Waals surface area contributed by atoms with E-state index in [9.17, 15) is 4.79 Å². The SMILES string of the molecule is CN(Cc1ccccc1)C(=O)c1nc2ccccn2c1CNCc1n[nH]c2c1CCC2. The van der Waals surface area contributed by atoms with E-state index in [4.69, 9.17) is 0 Å². The van der Waals surface area contributed by atoms with E-state index in [0.29, 0.717) is 25.3 Å². The summed E-state index contributed by atoms with van der Waals surface area (Å²) in [5, 5.41) is 11.1. The zero-order valence-corrected chi connectivity index (χ0v) is 17.6. The zero-order chi connectivity index (χ0) is 21.2. The van der Waals surface area contributed by atoms with Gasteiger partial charge in [-0.05, 0) is 42.5 Å². The molecule has 1 aromatic carbocycles. The van der Waals surface area contributed by atoms with E-state index >= 15 is 0 Å². The van der Waals surface area contributed by atoms with Crippen LogP contribution in [0.4, 0.5) is 0 Å². The summed E-state index contributed by atoms with van der Waals surface area (Å²) >= 11 is 0. The molecule has 1 amide bonds. The van der Waals surface area contributed by atoms with Crippen LogP contribution in [0.3, 0.4) is 0 Å². The first-order chi connectivity index (χ1) is 15.2. The van der Waals surface area contributed by atoms with Crippen LogP contribution < -0.4 is 5.32 Å². The number of H-pyrrole nitrogens is 1. The van der Waals surface area contributed by atoms with E-state index in [2.05, 4.69) is 20.5 Å². The molecular formula is C24H26N6O. The van der Waals surface area contributed by atoms with Crippen LogP contribution in [0, 0.1) is 0 Å². The number of hydrogen-bond donors (Lipinski definition) is 2. The lowest BCUT2D eigenvalue weighted by atomic mass is 10.2. The Balaban J connectivity index is 1.36. The van der Waals surface area contributed by atoms with Crippen LogP contribution >= 0.6 is 0 Å². The molecule has 0 fully saturated rings. The van der Waals surface area contributed by atoms with Crippen LogP contribution in [0.5, 0.6) is 0 Å². The number of carbonyl (C=O) groups is 1. The van der Waals surface area contributed by atoms with Crippen molar-refractivity contribution in [2.45, 2.75) is 38.9 Å². The molecule has 0 saturated carbocycles. The Kier molecular flexibility index (Phi) is 5.26. The molecule has 0 spiro atoms. The quantitative estimate of drug-likeness (QED) is 0.487. The summed E-state index contributed by atoms with van der Waals surface area (Å²) in [7, 11) is 1.82. The molecule has 4 aromatic rings. The fraction of sp³-hybridized carbons (Fsp3) is 0.292. The Bertz CT molecular complexity index is 1210. The van der Waals surface area contributed by atoms with Crippen molar-refractivity contribution in [1.29, 1.82) is 0 Å². The second-order valence-corrected chi connectivity index (χ2v) is 8.07. The van der Waals surface area contributed by atoms with Crippen molar-refractivity contribution >= 4 is 11.6 Å². The lowest BCUT2D eigenvalue weighted by Crippen LogP contribution is -2.28. The van der Waals surface area contributed by atoms with Crippen molar-refractivity contribution in [3.05, 3.63) is 88.6 Å². The standard InChI is InChI=1S/C24H26N6O/c1-29(16-17-8-3-2-4-9-17)24(31)23-21(30-13-6-5-12-22(30)26-23)15-25-14-20-18-10-7-11-19(18)27-28-20/h2-6,8-9,12-13,25H,7,10-11,14-16H2,1H3,(H,27,28). The largest absolute Gasteiger partial charge is 0.336 e. The number of rotatable bonds is 7. The van der Waals surface area contributed by atoms with Crippen LogP contribution in [-0.4, -0.2) is 37.4 Å². The number of nitrogens with zero attached hydrogens (tertiary/aromatic N) is 4. The number of imidazole rings is 1. The predicted molar refractivity (Wildman–Crippen MR) is 119 cm³/mol. The average molecular weight is 415 g/mol. The molecule has 31 heavy (non-hydrogen) atoms. The molecule has 0 radical (unpaired) electrons. The molecule has 0 aliphatic heterocycles. The van der Waals surface area contributed by atoms with E-state index in [1.807, 2.05) is 66.2 Å². The number of carbonyl (C=O) groups excluding carboxylic acids is 1. The Labute approximate surface area is 181 Å². The maximum Gasteiger partial charge on any atom is 0.274 e. The lowest BCUT2D eigenvalue weighted by molar-refractivity contribution is 0.0778. The van der Waals surface area contributed by atoms with Gasteiger partial charge in [0.2, 0.25) is 0 Å². The van der Waals surface area contributed by atoms with Gasteiger partial charge in [-0.3, -0.25) is 9.89 Å². The van der Waals surface area contributed by atoms with Crippen LogP contribution in [0.25, 0.3) is 5.65 Å². The summed E-state index contributed by atoms with van der Waals surface area (Å²) < 4.78 is 1.99. The predicted octanol–water partition coefficient (Wildman–Crippen LogP) is 3.11. The number of aromatic nitrogens is 4. The van der Waals surface area contributed by atoms with Crippen molar-refractivity contribution in [3.63, 3.8) is 0 Å². The molecule has 1 aliphatic rings. The second-order valence-electron chi connectivity index (χ2n) is 8.07. The molecule has 5 rings (SSSR count). The van der Waals surface area contributed by atoms with Gasteiger partial charge in [-0.15, -0.1) is 0 Å². The minimum absolute atomic E-state index is 0.0787. The number of pyridine rings is 1. The smallest absolute Gasteiger partial charge is 0.274 e. The molecule has 7 heteroatoms. The topological polar surface area (TPSA) is 78.3 Å². The van der Waals surface area contributed by atoms with Gasteiger partial charge in [-0.2, -0.15) is 5.10 Å². The maximum atomic E-state index is 13.3. The summed E-state index contributed by atoms with van der Waals surface area (Å²) in [5.74, 6) is -0.0787. The summed E-state index contributed by atoms with van der Waals surface area (Å²) in [4.78, 5) is 19.7. The molecule has 1 aliphatic carbocycles. The molecule has 0 atom stereocenters. The monoisotopic (exact) mass is 414 g/mol. The van der Waals surface area contributed by atoms with Crippen LogP contribution in [0.2, 0.25) is 0 Å². The number of benzene rings is 1. The van der Waals surface area contributed by atoms with E-state index in [1.54, 1.807) is 4.90 Å². The average Bonchev–Trinajstić information content (AvgIpc) is 3.50. The van der Waals surface area contributed by atoms with Crippen LogP contribution in [0.15, 0.2) is 54.7 Å². The van der Waals surface area contributed by atoms with E-state index in [0.717, 1.165) is 35.4 Å². The molecular weight excluding hydrogens is 388 g/mol. The van der Waals surface area contributed by atoms with Gasteiger partial charge in [0, 0.05) is 38.6 Å². The first kappa shape index (κ1) is 19.5. The molecule has 2 N–H and O–H groups in total. The third-order valence-electron chi connectivity index (χ3n) is 5.92. The van der Waals surface area contributed by atoms with Gasteiger partial charge in [-0.1, -0.05) is 36.4 Å². The van der Waals surface area contributed by atoms with Gasteiger partial charge in [0.1, 0.15) is 5.65 Å². The summed E-state index contributed by atoms with van der Waals surface area (Å²) in [6.45, 7) is 1.74. The molecule has 0 bridgehead atoms. The summed E-state index contributed by atoms with van der Waals surface area (Å²) in [5.41, 5.74) is 6.92.